The highest BCUT2D eigenvalue weighted by molar-refractivity contribution is 5.96. The maximum atomic E-state index is 12.3. The van der Waals surface area contributed by atoms with Gasteiger partial charge in [-0.1, -0.05) is 35.5 Å². The van der Waals surface area contributed by atoms with Crippen LogP contribution in [0.2, 0.25) is 0 Å². The number of nitrogens with zero attached hydrogens (tertiary/aromatic N) is 2. The van der Waals surface area contributed by atoms with Crippen LogP contribution >= 0.6 is 0 Å². The molecule has 2 heterocycles. The maximum absolute atomic E-state index is 12.3. The van der Waals surface area contributed by atoms with Crippen molar-refractivity contribution in [3.63, 3.8) is 0 Å². The minimum absolute atomic E-state index is 0.00200. The van der Waals surface area contributed by atoms with Gasteiger partial charge in [0.15, 0.2) is 5.82 Å². The number of likely N-dealkylation sites (tertiary alicyclic amines) is 1. The molecule has 1 saturated heterocycles. The highest BCUT2D eigenvalue weighted by atomic mass is 16.5. The van der Waals surface area contributed by atoms with E-state index in [0.717, 1.165) is 5.56 Å². The van der Waals surface area contributed by atoms with E-state index in [1.54, 1.807) is 17.9 Å². The van der Waals surface area contributed by atoms with Crippen molar-refractivity contribution in [3.8, 4) is 0 Å². The third-order valence-corrected chi connectivity index (χ3v) is 4.16. The molecule has 2 amide bonds. The molecule has 23 heavy (non-hydrogen) atoms. The highest BCUT2D eigenvalue weighted by Crippen LogP contribution is 2.29. The molecule has 1 aliphatic rings. The molecule has 3 rings (SSSR count). The van der Waals surface area contributed by atoms with Crippen molar-refractivity contribution in [2.45, 2.75) is 26.3 Å². The van der Waals surface area contributed by atoms with Crippen molar-refractivity contribution in [2.24, 2.45) is 5.92 Å². The Hall–Kier alpha value is -2.63. The van der Waals surface area contributed by atoms with E-state index in [1.807, 2.05) is 37.3 Å². The van der Waals surface area contributed by atoms with Gasteiger partial charge in [-0.25, -0.2) is 0 Å². The molecule has 2 aromatic rings. The highest BCUT2D eigenvalue weighted by Gasteiger charge is 2.37. The van der Waals surface area contributed by atoms with Gasteiger partial charge in [-0.15, -0.1) is 0 Å². The van der Waals surface area contributed by atoms with E-state index in [1.165, 1.54) is 0 Å². The molecule has 1 aromatic carbocycles. The monoisotopic (exact) mass is 313 g/mol. The fraction of sp³-hybridized carbons (Fsp3) is 0.353. The largest absolute Gasteiger partial charge is 0.360 e. The third-order valence-electron chi connectivity index (χ3n) is 4.16. The summed E-state index contributed by atoms with van der Waals surface area (Å²) in [5.74, 6) is 0.439. The summed E-state index contributed by atoms with van der Waals surface area (Å²) in [5.41, 5.74) is 1.06. The van der Waals surface area contributed by atoms with Crippen molar-refractivity contribution in [1.82, 2.24) is 10.1 Å². The number of hydrogen-bond donors (Lipinski definition) is 1. The topological polar surface area (TPSA) is 75.4 Å². The van der Waals surface area contributed by atoms with Gasteiger partial charge in [-0.2, -0.15) is 0 Å². The average molecular weight is 313 g/mol. The van der Waals surface area contributed by atoms with Crippen LogP contribution in [0.4, 0.5) is 5.82 Å². The van der Waals surface area contributed by atoms with E-state index >= 15 is 0 Å². The van der Waals surface area contributed by atoms with Gasteiger partial charge in [0.05, 0.1) is 12.0 Å². The smallest absolute Gasteiger partial charge is 0.231 e. The fourth-order valence-electron chi connectivity index (χ4n) is 2.85. The van der Waals surface area contributed by atoms with E-state index in [-0.39, 0.29) is 30.2 Å². The maximum Gasteiger partial charge on any atom is 0.231 e. The van der Waals surface area contributed by atoms with Gasteiger partial charge >= 0.3 is 0 Å². The number of aryl methyl sites for hydroxylation is 1. The first-order valence-corrected chi connectivity index (χ1v) is 7.63. The van der Waals surface area contributed by atoms with Crippen LogP contribution in [0.5, 0.6) is 0 Å². The Bertz CT molecular complexity index is 711. The van der Waals surface area contributed by atoms with Crippen LogP contribution in [0.15, 0.2) is 40.9 Å². The second-order valence-electron chi connectivity index (χ2n) is 5.85. The molecule has 0 aliphatic carbocycles. The quantitative estimate of drug-likeness (QED) is 0.941. The van der Waals surface area contributed by atoms with E-state index in [2.05, 4.69) is 10.5 Å². The summed E-state index contributed by atoms with van der Waals surface area (Å²) in [5, 5.41) is 6.44. The van der Waals surface area contributed by atoms with Crippen LogP contribution in [0.25, 0.3) is 0 Å². The number of rotatable bonds is 4. The zero-order valence-corrected chi connectivity index (χ0v) is 13.2. The number of benzene rings is 1. The normalized spacial score (nSPS) is 19.0. The summed E-state index contributed by atoms with van der Waals surface area (Å²) in [4.78, 5) is 26.3. The lowest BCUT2D eigenvalue weighted by molar-refractivity contribution is -0.129. The molecule has 6 nitrogen and oxygen atoms in total. The zero-order chi connectivity index (χ0) is 16.4. The van der Waals surface area contributed by atoms with Crippen molar-refractivity contribution in [3.05, 3.63) is 47.7 Å². The Morgan fingerprint density at radius 2 is 2.13 bits per heavy atom. The van der Waals surface area contributed by atoms with Gasteiger partial charge in [-0.05, 0) is 19.4 Å². The van der Waals surface area contributed by atoms with Crippen LogP contribution in [0.3, 0.4) is 0 Å². The van der Waals surface area contributed by atoms with Crippen LogP contribution in [0.1, 0.15) is 30.7 Å². The van der Waals surface area contributed by atoms with Crippen molar-refractivity contribution < 1.29 is 14.1 Å². The minimum atomic E-state index is -0.370. The molecule has 1 N–H and O–H groups in total. The van der Waals surface area contributed by atoms with Gasteiger partial charge < -0.3 is 14.7 Å². The number of anilines is 1. The zero-order valence-electron chi connectivity index (χ0n) is 13.2. The van der Waals surface area contributed by atoms with E-state index < -0.39 is 0 Å². The molecule has 2 atom stereocenters. The first-order chi connectivity index (χ1) is 11.0. The van der Waals surface area contributed by atoms with Gasteiger partial charge in [-0.3, -0.25) is 9.59 Å². The third kappa shape index (κ3) is 3.26. The van der Waals surface area contributed by atoms with Gasteiger partial charge in [0.25, 0.3) is 0 Å². The Morgan fingerprint density at radius 3 is 2.78 bits per heavy atom. The molecule has 1 fully saturated rings. The summed E-state index contributed by atoms with van der Waals surface area (Å²) in [6, 6.07) is 11.4. The van der Waals surface area contributed by atoms with Crippen LogP contribution in [-0.2, 0) is 9.59 Å². The molecule has 1 aliphatic heterocycles. The summed E-state index contributed by atoms with van der Waals surface area (Å²) >= 11 is 0. The fourth-order valence-corrected chi connectivity index (χ4v) is 2.85. The number of amides is 2. The SMILES string of the molecule is Cc1cc(NC(=O)[C@@H]2CC(=O)N([C@H](C)c3ccccc3)C2)no1. The van der Waals surface area contributed by atoms with Crippen molar-refractivity contribution >= 4 is 17.6 Å². The lowest BCUT2D eigenvalue weighted by atomic mass is 10.1. The first-order valence-electron chi connectivity index (χ1n) is 7.63. The number of hydrogen-bond acceptors (Lipinski definition) is 4. The number of aromatic nitrogens is 1. The molecule has 6 heteroatoms. The number of nitrogens with one attached hydrogen (secondary N) is 1. The van der Waals surface area contributed by atoms with E-state index in [0.29, 0.717) is 18.1 Å². The lowest BCUT2D eigenvalue weighted by Gasteiger charge is -2.25. The second-order valence-corrected chi connectivity index (χ2v) is 5.85. The first kappa shape index (κ1) is 15.3. The van der Waals surface area contributed by atoms with Crippen LogP contribution in [-0.4, -0.2) is 28.4 Å². The molecular formula is C17H19N3O3. The molecule has 1 aromatic heterocycles. The predicted molar refractivity (Wildman–Crippen MR) is 84.5 cm³/mol. The second kappa shape index (κ2) is 6.24. The predicted octanol–water partition coefficient (Wildman–Crippen LogP) is 2.53. The molecule has 0 saturated carbocycles. The molecule has 0 radical (unpaired) electrons. The van der Waals surface area contributed by atoms with Crippen LogP contribution in [0, 0.1) is 12.8 Å². The Morgan fingerprint density at radius 1 is 1.39 bits per heavy atom. The average Bonchev–Trinajstić information content (AvgIpc) is 3.13. The molecule has 0 spiro atoms. The Labute approximate surface area is 134 Å². The van der Waals surface area contributed by atoms with Gasteiger partial charge in [0, 0.05) is 19.0 Å². The van der Waals surface area contributed by atoms with Gasteiger partial charge in [0.1, 0.15) is 5.76 Å². The minimum Gasteiger partial charge on any atom is -0.360 e. The molecular weight excluding hydrogens is 294 g/mol. The summed E-state index contributed by atoms with van der Waals surface area (Å²) in [7, 11) is 0. The molecule has 120 valence electrons. The number of carbonyl (C=O) groups excluding carboxylic acids is 2. The van der Waals surface area contributed by atoms with E-state index in [4.69, 9.17) is 4.52 Å². The van der Waals surface area contributed by atoms with Crippen LogP contribution < -0.4 is 5.32 Å². The van der Waals surface area contributed by atoms with Crippen molar-refractivity contribution in [1.29, 1.82) is 0 Å². The molecule has 0 unspecified atom stereocenters. The number of carbonyl (C=O) groups is 2. The Balaban J connectivity index is 1.66. The molecule has 0 bridgehead atoms. The van der Waals surface area contributed by atoms with Crippen molar-refractivity contribution in [2.75, 3.05) is 11.9 Å². The summed E-state index contributed by atoms with van der Waals surface area (Å²) < 4.78 is 4.92. The summed E-state index contributed by atoms with van der Waals surface area (Å²) in [6.45, 7) is 4.15. The lowest BCUT2D eigenvalue weighted by Crippen LogP contribution is -2.30. The Kier molecular flexibility index (Phi) is 4.14. The van der Waals surface area contributed by atoms with Gasteiger partial charge in [0.2, 0.25) is 11.8 Å². The summed E-state index contributed by atoms with van der Waals surface area (Å²) in [6.07, 6.45) is 0.222. The standard InChI is InChI=1S/C17H19N3O3/c1-11-8-15(19-23-11)18-17(22)14-9-16(21)20(10-14)12(2)13-6-4-3-5-7-13/h3-8,12,14H,9-10H2,1-2H3,(H,18,19,22)/t12-,14-/m1/s1. The van der Waals surface area contributed by atoms with E-state index in [9.17, 15) is 9.59 Å².